The summed E-state index contributed by atoms with van der Waals surface area (Å²) in [6.07, 6.45) is -1.33. The smallest absolute Gasteiger partial charge is 0.405 e. The third-order valence-corrected chi connectivity index (χ3v) is 7.63. The van der Waals surface area contributed by atoms with Gasteiger partial charge in [-0.15, -0.1) is 0 Å². The summed E-state index contributed by atoms with van der Waals surface area (Å²) in [5, 5.41) is 7.67. The van der Waals surface area contributed by atoms with Crippen molar-refractivity contribution >= 4 is 9.84 Å². The Balaban J connectivity index is 1.88. The van der Waals surface area contributed by atoms with E-state index in [1.165, 1.54) is 18.3 Å². The Morgan fingerprint density at radius 1 is 1.19 bits per heavy atom. The van der Waals surface area contributed by atoms with Crippen molar-refractivity contribution in [3.05, 3.63) is 42.2 Å². The minimum atomic E-state index is -4.89. The third-order valence-electron chi connectivity index (χ3n) is 5.52. The highest BCUT2D eigenvalue weighted by molar-refractivity contribution is 7.92. The molecule has 1 N–H and O–H groups in total. The van der Waals surface area contributed by atoms with E-state index in [0.29, 0.717) is 47.6 Å². The van der Waals surface area contributed by atoms with Gasteiger partial charge in [0, 0.05) is 17.3 Å². The standard InChI is InChI=1S/C21H21F3N2O4S/c1-12-9-17(16-7-8-25-20(16)26(12)27)18-10-15(31(28,29)13(2)21(22,23)24)5-6-19(18)30-11-14-3-4-14/h5-10,13-14,27H,3-4,11H2,1-2H3. The fraction of sp³-hybridized carbons (Fsp3) is 0.381. The first-order valence-electron chi connectivity index (χ1n) is 9.74. The van der Waals surface area contributed by atoms with Crippen molar-refractivity contribution in [3.63, 3.8) is 0 Å². The van der Waals surface area contributed by atoms with Crippen LogP contribution in [0.1, 0.15) is 25.5 Å². The summed E-state index contributed by atoms with van der Waals surface area (Å²) < 4.78 is 71.6. The quantitative estimate of drug-likeness (QED) is 0.546. The van der Waals surface area contributed by atoms with E-state index in [2.05, 4.69) is 4.98 Å². The number of ether oxygens (including phenoxy) is 1. The summed E-state index contributed by atoms with van der Waals surface area (Å²) in [5.41, 5.74) is 1.78. The minimum absolute atomic E-state index is 0.250. The van der Waals surface area contributed by atoms with Gasteiger partial charge in [-0.3, -0.25) is 0 Å². The van der Waals surface area contributed by atoms with Crippen LogP contribution < -0.4 is 4.74 Å². The van der Waals surface area contributed by atoms with E-state index < -0.39 is 26.2 Å². The molecule has 0 spiro atoms. The summed E-state index contributed by atoms with van der Waals surface area (Å²) in [4.78, 5) is 3.67. The maximum atomic E-state index is 13.2. The zero-order valence-electron chi connectivity index (χ0n) is 16.8. The van der Waals surface area contributed by atoms with Gasteiger partial charge in [0.15, 0.2) is 20.9 Å². The van der Waals surface area contributed by atoms with Crippen LogP contribution >= 0.6 is 0 Å². The molecule has 31 heavy (non-hydrogen) atoms. The first-order valence-corrected chi connectivity index (χ1v) is 11.3. The zero-order chi connectivity index (χ0) is 22.6. The summed E-state index contributed by atoms with van der Waals surface area (Å²) in [6, 6.07) is 7.01. The first-order chi connectivity index (χ1) is 14.5. The summed E-state index contributed by atoms with van der Waals surface area (Å²) in [7, 11) is -4.67. The number of aryl methyl sites for hydroxylation is 1. The lowest BCUT2D eigenvalue weighted by molar-refractivity contribution is -0.126. The summed E-state index contributed by atoms with van der Waals surface area (Å²) in [5.74, 6) is 1.03. The molecule has 6 nitrogen and oxygen atoms in total. The molecule has 1 aromatic carbocycles. The van der Waals surface area contributed by atoms with Crippen molar-refractivity contribution in [3.8, 4) is 28.3 Å². The Bertz CT molecular complexity index is 1200. The van der Waals surface area contributed by atoms with Crippen molar-refractivity contribution in [2.75, 3.05) is 6.61 Å². The average molecular weight is 454 g/mol. The third kappa shape index (κ3) is 3.96. The maximum Gasteiger partial charge on any atom is 0.405 e. The zero-order valence-corrected chi connectivity index (χ0v) is 17.7. The Hall–Kier alpha value is -2.75. The van der Waals surface area contributed by atoms with Crippen LogP contribution in [0, 0.1) is 12.8 Å². The van der Waals surface area contributed by atoms with Crippen molar-refractivity contribution in [2.45, 2.75) is 43.0 Å². The number of alkyl halides is 3. The molecule has 166 valence electrons. The van der Waals surface area contributed by atoms with Gasteiger partial charge in [-0.05, 0) is 68.5 Å². The van der Waals surface area contributed by atoms with E-state index >= 15 is 0 Å². The molecule has 1 fully saturated rings. The fourth-order valence-corrected chi connectivity index (χ4v) is 4.64. The predicted molar refractivity (Wildman–Crippen MR) is 107 cm³/mol. The number of rotatable bonds is 6. The summed E-state index contributed by atoms with van der Waals surface area (Å²) in [6.45, 7) is 2.70. The van der Waals surface area contributed by atoms with E-state index in [1.807, 2.05) is 0 Å². The van der Waals surface area contributed by atoms with Crippen molar-refractivity contribution < 1.29 is 31.5 Å². The van der Waals surface area contributed by atoms with Crippen LogP contribution in [0.3, 0.4) is 0 Å². The van der Waals surface area contributed by atoms with Crippen LogP contribution in [0.4, 0.5) is 13.2 Å². The Kier molecular flexibility index (Phi) is 5.15. The fourth-order valence-electron chi connectivity index (χ4n) is 3.34. The molecular formula is C21H21F3N2O4S. The second-order valence-electron chi connectivity index (χ2n) is 7.83. The van der Waals surface area contributed by atoms with E-state index in [1.54, 1.807) is 19.1 Å². The monoisotopic (exact) mass is 454 g/mol. The number of benzene rings is 1. The molecule has 0 aromatic heterocycles. The van der Waals surface area contributed by atoms with Crippen molar-refractivity contribution in [1.29, 1.82) is 0 Å². The van der Waals surface area contributed by atoms with Crippen LogP contribution in [-0.2, 0) is 9.84 Å². The number of halogens is 3. The maximum absolute atomic E-state index is 13.2. The van der Waals surface area contributed by atoms with Gasteiger partial charge >= 0.3 is 6.18 Å². The van der Waals surface area contributed by atoms with Gasteiger partial charge in [-0.2, -0.15) is 17.9 Å². The van der Waals surface area contributed by atoms with Crippen LogP contribution in [0.15, 0.2) is 41.4 Å². The lowest BCUT2D eigenvalue weighted by Gasteiger charge is -2.20. The number of pyridine rings is 1. The van der Waals surface area contributed by atoms with Crippen LogP contribution in [0.25, 0.3) is 22.5 Å². The number of hydrogen-bond donors (Lipinski definition) is 1. The molecule has 1 aliphatic carbocycles. The predicted octanol–water partition coefficient (Wildman–Crippen LogP) is 4.71. The summed E-state index contributed by atoms with van der Waals surface area (Å²) >= 11 is 0. The van der Waals surface area contributed by atoms with E-state index in [4.69, 9.17) is 4.74 Å². The molecule has 4 rings (SSSR count). The Morgan fingerprint density at radius 3 is 2.55 bits per heavy atom. The highest BCUT2D eigenvalue weighted by Gasteiger charge is 2.46. The highest BCUT2D eigenvalue weighted by atomic mass is 32.2. The first kappa shape index (κ1) is 21.5. The molecule has 1 saturated carbocycles. The van der Waals surface area contributed by atoms with E-state index in [0.717, 1.165) is 23.6 Å². The van der Waals surface area contributed by atoms with E-state index in [9.17, 15) is 26.8 Å². The van der Waals surface area contributed by atoms with Crippen LogP contribution in [-0.4, -0.2) is 41.4 Å². The molecular weight excluding hydrogens is 433 g/mol. The lowest BCUT2D eigenvalue weighted by Crippen LogP contribution is -2.33. The average Bonchev–Trinajstić information content (AvgIpc) is 3.41. The molecule has 0 saturated heterocycles. The van der Waals surface area contributed by atoms with Gasteiger partial charge in [-0.25, -0.2) is 13.4 Å². The molecule has 10 heteroatoms. The van der Waals surface area contributed by atoms with Crippen LogP contribution in [0.5, 0.6) is 5.75 Å². The second kappa shape index (κ2) is 7.44. The van der Waals surface area contributed by atoms with Crippen LogP contribution in [0.2, 0.25) is 0 Å². The largest absolute Gasteiger partial charge is 0.493 e. The van der Waals surface area contributed by atoms with Gasteiger partial charge in [-0.1, -0.05) is 0 Å². The van der Waals surface area contributed by atoms with Gasteiger partial charge < -0.3 is 9.94 Å². The lowest BCUT2D eigenvalue weighted by atomic mass is 9.99. The van der Waals surface area contributed by atoms with Crippen molar-refractivity contribution in [1.82, 2.24) is 9.71 Å². The Morgan fingerprint density at radius 2 is 1.90 bits per heavy atom. The molecule has 2 aliphatic heterocycles. The molecule has 1 aromatic rings. The highest BCUT2D eigenvalue weighted by Crippen LogP contribution is 2.42. The normalized spacial score (nSPS) is 15.9. The topological polar surface area (TPSA) is 81.4 Å². The van der Waals surface area contributed by atoms with Crippen molar-refractivity contribution in [2.24, 2.45) is 5.92 Å². The van der Waals surface area contributed by atoms with Gasteiger partial charge in [0.05, 0.1) is 17.2 Å². The number of hydrogen-bond acceptors (Lipinski definition) is 5. The molecule has 0 radical (unpaired) electrons. The Labute approximate surface area is 177 Å². The number of fused-ring (bicyclic) bond motifs is 1. The molecule has 3 aliphatic rings. The molecule has 1 atom stereocenters. The SMILES string of the molecule is Cc1cc(-c2cc(S(=O)(=O)C(C)C(F)(F)F)ccc2OCC2CC2)c2ccnc-2n1O. The molecule has 2 heterocycles. The van der Waals surface area contributed by atoms with E-state index in [-0.39, 0.29) is 5.82 Å². The molecule has 1 unspecified atom stereocenters. The number of sulfone groups is 1. The number of nitrogens with zero attached hydrogens (tertiary/aromatic N) is 2. The number of aromatic nitrogens is 2. The molecule has 0 bridgehead atoms. The second-order valence-corrected chi connectivity index (χ2v) is 10.1. The van der Waals surface area contributed by atoms with Gasteiger partial charge in [0.1, 0.15) is 5.75 Å². The van der Waals surface area contributed by atoms with Gasteiger partial charge in [0.2, 0.25) is 0 Å². The minimum Gasteiger partial charge on any atom is -0.493 e. The van der Waals surface area contributed by atoms with Gasteiger partial charge in [0.25, 0.3) is 0 Å². The molecule has 0 amide bonds.